The topological polar surface area (TPSA) is 73.9 Å². The smallest absolute Gasteiger partial charge is 0.394 e. The van der Waals surface area contributed by atoms with E-state index in [2.05, 4.69) is 5.48 Å². The maximum atomic E-state index is 13.1. The first-order valence-electron chi connectivity index (χ1n) is 8.19. The molecular weight excluding hydrogens is 365 g/mol. The average molecular weight is 383 g/mol. The van der Waals surface area contributed by atoms with Crippen LogP contribution in [-0.4, -0.2) is 5.91 Å². The molecule has 0 bridgehead atoms. The number of para-hydroxylation sites is 2. The molecule has 1 amide bonds. The number of hydrogen-bond acceptors (Lipinski definition) is 5. The normalized spacial score (nSPS) is 10.9. The van der Waals surface area contributed by atoms with Crippen LogP contribution in [0.3, 0.4) is 0 Å². The molecule has 6 nitrogen and oxygen atoms in total. The fourth-order valence-electron chi connectivity index (χ4n) is 2.14. The van der Waals surface area contributed by atoms with Crippen LogP contribution in [0.15, 0.2) is 84.9 Å². The standard InChI is InChI=1S/C20H18NO5P/c1-16-12-14-17(15-13-16)20(22)21-26-27(23,24-18-8-4-2-5-9-18)25-19-10-6-3-7-11-19/h2-15H,1H3,(H,21,22). The summed E-state index contributed by atoms with van der Waals surface area (Å²) in [6.45, 7) is 1.91. The molecule has 0 aliphatic rings. The van der Waals surface area contributed by atoms with Crippen LogP contribution in [0, 0.1) is 6.92 Å². The van der Waals surface area contributed by atoms with Crippen molar-refractivity contribution < 1.29 is 23.0 Å². The summed E-state index contributed by atoms with van der Waals surface area (Å²) < 4.78 is 29.0. The molecule has 0 aliphatic carbocycles. The Labute approximate surface area is 157 Å². The van der Waals surface area contributed by atoms with Crippen LogP contribution in [0.25, 0.3) is 0 Å². The number of phosphoric ester groups is 1. The lowest BCUT2D eigenvalue weighted by atomic mass is 10.1. The van der Waals surface area contributed by atoms with Gasteiger partial charge in [0.25, 0.3) is 5.91 Å². The van der Waals surface area contributed by atoms with Gasteiger partial charge >= 0.3 is 7.82 Å². The molecule has 0 heterocycles. The Morgan fingerprint density at radius 2 is 1.26 bits per heavy atom. The second-order valence-corrected chi connectivity index (χ2v) is 7.09. The van der Waals surface area contributed by atoms with Crippen LogP contribution in [0.4, 0.5) is 0 Å². The summed E-state index contributed by atoms with van der Waals surface area (Å²) >= 11 is 0. The van der Waals surface area contributed by atoms with Gasteiger partial charge in [0, 0.05) is 5.56 Å². The Morgan fingerprint density at radius 3 is 1.74 bits per heavy atom. The number of hydrogen-bond donors (Lipinski definition) is 1. The number of nitrogens with one attached hydrogen (secondary N) is 1. The first-order chi connectivity index (χ1) is 13.0. The molecule has 7 heteroatoms. The highest BCUT2D eigenvalue weighted by molar-refractivity contribution is 7.49. The number of hydroxylamine groups is 1. The Kier molecular flexibility index (Phi) is 5.91. The summed E-state index contributed by atoms with van der Waals surface area (Å²) in [6.07, 6.45) is 0. The van der Waals surface area contributed by atoms with Gasteiger partial charge in [-0.2, -0.15) is 0 Å². The zero-order valence-corrected chi connectivity index (χ0v) is 15.5. The molecule has 3 aromatic carbocycles. The van der Waals surface area contributed by atoms with Gasteiger partial charge in [-0.05, 0) is 43.3 Å². The van der Waals surface area contributed by atoms with Gasteiger partial charge in [-0.1, -0.05) is 54.1 Å². The molecule has 27 heavy (non-hydrogen) atoms. The number of aryl methyl sites for hydroxylation is 1. The van der Waals surface area contributed by atoms with Gasteiger partial charge < -0.3 is 9.05 Å². The van der Waals surface area contributed by atoms with Crippen molar-refractivity contribution in [3.8, 4) is 11.5 Å². The maximum Gasteiger partial charge on any atom is 0.609 e. The third kappa shape index (κ3) is 5.45. The Bertz CT molecular complexity index is 884. The van der Waals surface area contributed by atoms with Gasteiger partial charge in [0.05, 0.1) is 0 Å². The van der Waals surface area contributed by atoms with Crippen molar-refractivity contribution in [1.82, 2.24) is 5.48 Å². The molecule has 0 aromatic heterocycles. The van der Waals surface area contributed by atoms with E-state index >= 15 is 0 Å². The van der Waals surface area contributed by atoms with Crippen molar-refractivity contribution in [2.45, 2.75) is 6.92 Å². The third-order valence-corrected chi connectivity index (χ3v) is 4.67. The van der Waals surface area contributed by atoms with E-state index in [0.717, 1.165) is 5.56 Å². The van der Waals surface area contributed by atoms with Gasteiger partial charge in [0.2, 0.25) is 0 Å². The zero-order chi connectivity index (χ0) is 19.1. The first kappa shape index (κ1) is 18.7. The van der Waals surface area contributed by atoms with E-state index in [9.17, 15) is 9.36 Å². The Hall–Kier alpha value is -3.08. The summed E-state index contributed by atoms with van der Waals surface area (Å²) in [5.74, 6) is -0.00810. The lowest BCUT2D eigenvalue weighted by Gasteiger charge is -2.18. The molecule has 0 aliphatic heterocycles. The molecule has 0 unspecified atom stereocenters. The van der Waals surface area contributed by atoms with Crippen LogP contribution in [0.5, 0.6) is 11.5 Å². The molecule has 0 saturated heterocycles. The van der Waals surface area contributed by atoms with E-state index < -0.39 is 13.7 Å². The minimum Gasteiger partial charge on any atom is -0.394 e. The number of carbonyl (C=O) groups excluding carboxylic acids is 1. The molecule has 0 fully saturated rings. The zero-order valence-electron chi connectivity index (χ0n) is 14.6. The van der Waals surface area contributed by atoms with E-state index in [1.165, 1.54) is 0 Å². The van der Waals surface area contributed by atoms with Crippen LogP contribution < -0.4 is 14.5 Å². The summed E-state index contributed by atoms with van der Waals surface area (Å²) in [4.78, 5) is 12.2. The Morgan fingerprint density at radius 1 is 0.778 bits per heavy atom. The molecule has 138 valence electrons. The van der Waals surface area contributed by atoms with Gasteiger partial charge in [0.15, 0.2) is 0 Å². The number of phosphoric acid groups is 1. The highest BCUT2D eigenvalue weighted by Gasteiger charge is 2.33. The van der Waals surface area contributed by atoms with E-state index in [4.69, 9.17) is 13.7 Å². The minimum atomic E-state index is -4.18. The summed E-state index contributed by atoms with van der Waals surface area (Å²) in [5.41, 5.74) is 3.51. The van der Waals surface area contributed by atoms with Crippen molar-refractivity contribution in [2.24, 2.45) is 0 Å². The van der Waals surface area contributed by atoms with Crippen LogP contribution in [0.1, 0.15) is 15.9 Å². The molecule has 0 radical (unpaired) electrons. The van der Waals surface area contributed by atoms with Crippen molar-refractivity contribution in [3.05, 3.63) is 96.1 Å². The first-order valence-corrected chi connectivity index (χ1v) is 9.65. The van der Waals surface area contributed by atoms with Crippen molar-refractivity contribution in [2.75, 3.05) is 0 Å². The molecule has 3 rings (SSSR count). The summed E-state index contributed by atoms with van der Waals surface area (Å²) in [7, 11) is -4.18. The number of carbonyl (C=O) groups is 1. The van der Waals surface area contributed by atoms with Crippen molar-refractivity contribution in [1.29, 1.82) is 0 Å². The van der Waals surface area contributed by atoms with E-state index in [1.54, 1.807) is 84.9 Å². The van der Waals surface area contributed by atoms with E-state index in [1.807, 2.05) is 6.92 Å². The summed E-state index contributed by atoms with van der Waals surface area (Å²) in [5, 5.41) is 0. The quantitative estimate of drug-likeness (QED) is 0.463. The molecule has 3 aromatic rings. The monoisotopic (exact) mass is 383 g/mol. The average Bonchev–Trinajstić information content (AvgIpc) is 2.68. The maximum absolute atomic E-state index is 13.1. The van der Waals surface area contributed by atoms with Crippen LogP contribution >= 0.6 is 7.82 Å². The molecule has 0 atom stereocenters. The highest BCUT2D eigenvalue weighted by Crippen LogP contribution is 2.48. The number of benzene rings is 3. The van der Waals surface area contributed by atoms with Crippen LogP contribution in [0.2, 0.25) is 0 Å². The van der Waals surface area contributed by atoms with Crippen LogP contribution in [-0.2, 0) is 9.19 Å². The largest absolute Gasteiger partial charge is 0.609 e. The fraction of sp³-hybridized carbons (Fsp3) is 0.0500. The lowest BCUT2D eigenvalue weighted by molar-refractivity contribution is 0.0685. The second kappa shape index (κ2) is 8.54. The highest BCUT2D eigenvalue weighted by atomic mass is 31.2. The predicted octanol–water partition coefficient (Wildman–Crippen LogP) is 4.92. The van der Waals surface area contributed by atoms with Gasteiger partial charge in [0.1, 0.15) is 11.5 Å². The number of rotatable bonds is 7. The molecule has 0 spiro atoms. The van der Waals surface area contributed by atoms with Gasteiger partial charge in [-0.25, -0.2) is 10.0 Å². The predicted molar refractivity (Wildman–Crippen MR) is 101 cm³/mol. The second-order valence-electron chi connectivity index (χ2n) is 5.64. The minimum absolute atomic E-state index is 0.279. The van der Waals surface area contributed by atoms with Gasteiger partial charge in [-0.3, -0.25) is 4.79 Å². The Balaban J connectivity index is 1.75. The molecule has 1 N–H and O–H groups in total. The van der Waals surface area contributed by atoms with Crippen molar-refractivity contribution in [3.63, 3.8) is 0 Å². The van der Waals surface area contributed by atoms with Gasteiger partial charge in [-0.15, -0.1) is 4.62 Å². The molecule has 0 saturated carbocycles. The lowest BCUT2D eigenvalue weighted by Crippen LogP contribution is -2.24. The molecular formula is C20H18NO5P. The van der Waals surface area contributed by atoms with E-state index in [-0.39, 0.29) is 11.5 Å². The van der Waals surface area contributed by atoms with Crippen molar-refractivity contribution >= 4 is 13.7 Å². The SMILES string of the molecule is Cc1ccc(C(=O)NOP(=O)(Oc2ccccc2)Oc2ccccc2)cc1. The van der Waals surface area contributed by atoms with E-state index in [0.29, 0.717) is 5.56 Å². The number of amides is 1. The summed E-state index contributed by atoms with van der Waals surface area (Å²) in [6, 6.07) is 23.7. The fourth-order valence-corrected chi connectivity index (χ4v) is 3.20. The third-order valence-electron chi connectivity index (χ3n) is 3.48.